The lowest BCUT2D eigenvalue weighted by Gasteiger charge is -2.23. The van der Waals surface area contributed by atoms with E-state index in [9.17, 15) is 26.4 Å². The van der Waals surface area contributed by atoms with Crippen LogP contribution in [0.4, 0.5) is 23.7 Å². The molecule has 0 radical (unpaired) electrons. The Morgan fingerprint density at radius 2 is 1.74 bits per heavy atom. The number of fused-ring (bicyclic) bond motifs is 1. The first-order valence-electron chi connectivity index (χ1n) is 9.78. The highest BCUT2D eigenvalue weighted by Crippen LogP contribution is 2.37. The van der Waals surface area contributed by atoms with Crippen molar-refractivity contribution in [2.45, 2.75) is 31.7 Å². The van der Waals surface area contributed by atoms with Crippen LogP contribution in [0.5, 0.6) is 5.75 Å². The molecular weight excluding hydrogens is 433 g/mol. The van der Waals surface area contributed by atoms with Gasteiger partial charge in [0.15, 0.2) is 9.84 Å². The van der Waals surface area contributed by atoms with Crippen LogP contribution in [0.3, 0.4) is 0 Å². The van der Waals surface area contributed by atoms with Crippen molar-refractivity contribution in [2.75, 3.05) is 23.0 Å². The second-order valence-electron chi connectivity index (χ2n) is 7.62. The van der Waals surface area contributed by atoms with Crippen molar-refractivity contribution in [3.63, 3.8) is 0 Å². The van der Waals surface area contributed by atoms with Gasteiger partial charge in [0.25, 0.3) is 0 Å². The molecule has 2 fully saturated rings. The summed E-state index contributed by atoms with van der Waals surface area (Å²) in [6.45, 7) is 2.22. The zero-order valence-electron chi connectivity index (χ0n) is 16.7. The molecule has 0 aliphatic carbocycles. The van der Waals surface area contributed by atoms with Gasteiger partial charge in [-0.15, -0.1) is 0 Å². The predicted octanol–water partition coefficient (Wildman–Crippen LogP) is 3.71. The van der Waals surface area contributed by atoms with Crippen molar-refractivity contribution in [1.82, 2.24) is 4.90 Å². The molecule has 2 atom stereocenters. The lowest BCUT2D eigenvalue weighted by molar-refractivity contribution is -0.137. The Balaban J connectivity index is 1.65. The number of anilines is 1. The van der Waals surface area contributed by atoms with Gasteiger partial charge in [0.05, 0.1) is 35.8 Å². The van der Waals surface area contributed by atoms with E-state index in [0.29, 0.717) is 23.6 Å². The maximum atomic E-state index is 13.2. The maximum absolute atomic E-state index is 13.2. The Morgan fingerprint density at radius 3 is 2.39 bits per heavy atom. The number of benzene rings is 2. The summed E-state index contributed by atoms with van der Waals surface area (Å²) in [4.78, 5) is 16.0. The first-order valence-corrected chi connectivity index (χ1v) is 11.6. The summed E-state index contributed by atoms with van der Waals surface area (Å²) in [6, 6.07) is 9.84. The molecule has 0 N–H and O–H groups in total. The van der Waals surface area contributed by atoms with Crippen LogP contribution >= 0.6 is 0 Å². The number of nitrogens with zero attached hydrogens (tertiary/aromatic N) is 2. The molecular formula is C21H21F3N2O4S. The number of hydrogen-bond donors (Lipinski definition) is 0. The first kappa shape index (κ1) is 21.5. The van der Waals surface area contributed by atoms with Crippen LogP contribution in [0, 0.1) is 0 Å². The number of carbonyl (C=O) groups excluding carboxylic acids is 1. The minimum Gasteiger partial charge on any atom is -0.494 e. The van der Waals surface area contributed by atoms with Crippen LogP contribution in [-0.4, -0.2) is 49.5 Å². The molecule has 31 heavy (non-hydrogen) atoms. The molecule has 2 aliphatic rings. The van der Waals surface area contributed by atoms with Gasteiger partial charge in [-0.2, -0.15) is 13.2 Å². The van der Waals surface area contributed by atoms with E-state index in [2.05, 4.69) is 0 Å². The van der Waals surface area contributed by atoms with Crippen LogP contribution in [0.2, 0.25) is 0 Å². The Morgan fingerprint density at radius 1 is 1.06 bits per heavy atom. The summed E-state index contributed by atoms with van der Waals surface area (Å²) in [6.07, 6.45) is -4.50. The predicted molar refractivity (Wildman–Crippen MR) is 109 cm³/mol. The Bertz CT molecular complexity index is 1090. The third-order valence-electron chi connectivity index (χ3n) is 5.51. The number of urea groups is 1. The van der Waals surface area contributed by atoms with Crippen LogP contribution < -0.4 is 9.64 Å². The smallest absolute Gasteiger partial charge is 0.416 e. The molecule has 166 valence electrons. The summed E-state index contributed by atoms with van der Waals surface area (Å²) in [5.74, 6) is 0.223. The second kappa shape index (κ2) is 7.74. The third-order valence-corrected chi connectivity index (χ3v) is 7.21. The molecule has 0 bridgehead atoms. The number of rotatable bonds is 5. The van der Waals surface area contributed by atoms with Gasteiger partial charge < -0.3 is 9.64 Å². The van der Waals surface area contributed by atoms with Crippen LogP contribution in [0.15, 0.2) is 48.5 Å². The highest BCUT2D eigenvalue weighted by Gasteiger charge is 2.53. The van der Waals surface area contributed by atoms with Crippen LogP contribution in [0.1, 0.15) is 18.1 Å². The molecule has 2 amide bonds. The van der Waals surface area contributed by atoms with Crippen LogP contribution in [-0.2, 0) is 22.6 Å². The highest BCUT2D eigenvalue weighted by molar-refractivity contribution is 7.91. The monoisotopic (exact) mass is 454 g/mol. The van der Waals surface area contributed by atoms with E-state index >= 15 is 0 Å². The normalized spacial score (nSPS) is 22.6. The zero-order chi connectivity index (χ0) is 22.4. The molecule has 0 unspecified atom stereocenters. The standard InChI is InChI=1S/C21H21F3N2O4S/c1-2-30-17-8-6-16(7-9-17)26-19-13-31(28,29)12-18(19)25(20(26)27)11-14-4-3-5-15(10-14)21(22,23)24/h3-10,18-19H,2,11-13H2,1H3/t18-,19+/m0/s1. The number of halogens is 3. The molecule has 6 nitrogen and oxygen atoms in total. The molecule has 4 rings (SSSR count). The van der Waals surface area contributed by atoms with Crippen molar-refractivity contribution >= 4 is 21.6 Å². The van der Waals surface area contributed by atoms with Crippen molar-refractivity contribution in [3.8, 4) is 5.75 Å². The maximum Gasteiger partial charge on any atom is 0.416 e. The Labute approximate surface area is 178 Å². The summed E-state index contributed by atoms with van der Waals surface area (Å²) in [5, 5.41) is 0. The fraction of sp³-hybridized carbons (Fsp3) is 0.381. The number of ether oxygens (including phenoxy) is 1. The third kappa shape index (κ3) is 4.21. The highest BCUT2D eigenvalue weighted by atomic mass is 32.2. The van der Waals surface area contributed by atoms with Gasteiger partial charge in [-0.3, -0.25) is 4.90 Å². The minimum atomic E-state index is -4.50. The van der Waals surface area contributed by atoms with Crippen molar-refractivity contribution in [3.05, 3.63) is 59.7 Å². The topological polar surface area (TPSA) is 66.9 Å². The average molecular weight is 454 g/mol. The number of carbonyl (C=O) groups is 1. The number of amides is 2. The summed E-state index contributed by atoms with van der Waals surface area (Å²) in [7, 11) is -3.38. The SMILES string of the molecule is CCOc1ccc(N2C(=O)N(Cc3cccc(C(F)(F)F)c3)[C@H]3CS(=O)(=O)C[C@H]32)cc1. The Hall–Kier alpha value is -2.75. The Kier molecular flexibility index (Phi) is 5.36. The summed E-state index contributed by atoms with van der Waals surface area (Å²) in [5.41, 5.74) is 0.00229. The molecule has 2 aromatic rings. The van der Waals surface area contributed by atoms with Gasteiger partial charge in [0.1, 0.15) is 5.75 Å². The van der Waals surface area contributed by atoms with Gasteiger partial charge in [0, 0.05) is 12.2 Å². The van der Waals surface area contributed by atoms with Gasteiger partial charge in [-0.05, 0) is 48.9 Å². The number of sulfone groups is 1. The van der Waals surface area contributed by atoms with E-state index in [1.807, 2.05) is 6.92 Å². The molecule has 10 heteroatoms. The fourth-order valence-electron chi connectivity index (χ4n) is 4.18. The molecule has 0 aromatic heterocycles. The van der Waals surface area contributed by atoms with Gasteiger partial charge in [-0.25, -0.2) is 13.2 Å². The van der Waals surface area contributed by atoms with E-state index in [1.54, 1.807) is 24.3 Å². The molecule has 2 heterocycles. The van der Waals surface area contributed by atoms with Crippen molar-refractivity contribution in [1.29, 1.82) is 0 Å². The molecule has 0 saturated carbocycles. The molecule has 2 saturated heterocycles. The molecule has 2 aliphatic heterocycles. The minimum absolute atomic E-state index is 0.104. The van der Waals surface area contributed by atoms with Gasteiger partial charge in [-0.1, -0.05) is 12.1 Å². The summed E-state index contributed by atoms with van der Waals surface area (Å²) >= 11 is 0. The number of alkyl halides is 3. The van der Waals surface area contributed by atoms with Crippen molar-refractivity contribution < 1.29 is 31.1 Å². The van der Waals surface area contributed by atoms with E-state index in [-0.39, 0.29) is 18.1 Å². The van der Waals surface area contributed by atoms with E-state index in [0.717, 1.165) is 12.1 Å². The summed E-state index contributed by atoms with van der Waals surface area (Å²) < 4.78 is 69.2. The second-order valence-corrected chi connectivity index (χ2v) is 9.77. The lowest BCUT2D eigenvalue weighted by atomic mass is 10.1. The molecule has 2 aromatic carbocycles. The average Bonchev–Trinajstić information content (AvgIpc) is 3.13. The fourth-order valence-corrected chi connectivity index (χ4v) is 6.13. The lowest BCUT2D eigenvalue weighted by Crippen LogP contribution is -2.37. The van der Waals surface area contributed by atoms with Crippen LogP contribution in [0.25, 0.3) is 0 Å². The zero-order valence-corrected chi connectivity index (χ0v) is 17.5. The van der Waals surface area contributed by atoms with E-state index < -0.39 is 39.7 Å². The van der Waals surface area contributed by atoms with Crippen molar-refractivity contribution in [2.24, 2.45) is 0 Å². The quantitative estimate of drug-likeness (QED) is 0.646. The van der Waals surface area contributed by atoms with E-state index in [1.165, 1.54) is 21.9 Å². The number of hydrogen-bond acceptors (Lipinski definition) is 4. The van der Waals surface area contributed by atoms with E-state index in [4.69, 9.17) is 4.74 Å². The van der Waals surface area contributed by atoms with Gasteiger partial charge in [0.2, 0.25) is 0 Å². The van der Waals surface area contributed by atoms with Gasteiger partial charge >= 0.3 is 12.2 Å². The largest absolute Gasteiger partial charge is 0.494 e. The molecule has 0 spiro atoms. The first-order chi connectivity index (χ1) is 14.6.